The highest BCUT2D eigenvalue weighted by atomic mass is 31.2. The first-order valence-electron chi connectivity index (χ1n) is 7.35. The van der Waals surface area contributed by atoms with Crippen molar-refractivity contribution in [3.05, 3.63) is 60.7 Å². The predicted molar refractivity (Wildman–Crippen MR) is 90.7 cm³/mol. The normalized spacial score (nSPS) is 12.0. The molecule has 0 atom stereocenters. The number of nitrogens with zero attached hydrogens (tertiary/aromatic N) is 1. The molecule has 0 aliphatic rings. The summed E-state index contributed by atoms with van der Waals surface area (Å²) in [4.78, 5) is 16.7. The molecule has 0 aliphatic carbocycles. The average molecular weight is 349 g/mol. The van der Waals surface area contributed by atoms with Gasteiger partial charge in [0.1, 0.15) is 5.60 Å². The topological polar surface area (TPSA) is 76.1 Å². The molecule has 24 heavy (non-hydrogen) atoms. The Balaban J connectivity index is 2.37. The van der Waals surface area contributed by atoms with E-state index in [1.807, 2.05) is 0 Å². The molecular weight excluding hydrogens is 329 g/mol. The van der Waals surface area contributed by atoms with Gasteiger partial charge in [-0.1, -0.05) is 36.4 Å². The molecule has 0 saturated heterocycles. The van der Waals surface area contributed by atoms with E-state index in [1.54, 1.807) is 81.4 Å². The lowest BCUT2D eigenvalue weighted by atomic mass is 10.2. The molecule has 6 nitrogen and oxygen atoms in total. The van der Waals surface area contributed by atoms with Crippen LogP contribution in [0.5, 0.6) is 0 Å². The highest BCUT2D eigenvalue weighted by Gasteiger charge is 2.38. The Morgan fingerprint density at radius 2 is 1.38 bits per heavy atom. The van der Waals surface area contributed by atoms with Gasteiger partial charge in [0.2, 0.25) is 0 Å². The van der Waals surface area contributed by atoms with Gasteiger partial charge in [-0.25, -0.2) is 4.79 Å². The highest BCUT2D eigenvalue weighted by molar-refractivity contribution is 7.76. The van der Waals surface area contributed by atoms with Gasteiger partial charge in [0.25, 0.3) is 7.29 Å². The Hall–Kier alpha value is -2.14. The van der Waals surface area contributed by atoms with Crippen LogP contribution in [0, 0.1) is 0 Å². The standard InChI is InChI=1S/C17H20NO5P/c1-17(2,3)22-16(19)23-18(20)24(21,14-10-6-4-7-11-14)15-12-8-5-9-13-15/h4-13,20H,1-3H3. The monoisotopic (exact) mass is 349 g/mol. The molecule has 1 N–H and O–H groups in total. The lowest BCUT2D eigenvalue weighted by molar-refractivity contribution is -0.243. The van der Waals surface area contributed by atoms with Crippen LogP contribution in [0.15, 0.2) is 60.7 Å². The smallest absolute Gasteiger partial charge is 0.427 e. The fourth-order valence-electron chi connectivity index (χ4n) is 2.00. The van der Waals surface area contributed by atoms with Gasteiger partial charge < -0.3 is 9.57 Å². The van der Waals surface area contributed by atoms with Gasteiger partial charge in [0.05, 0.1) is 5.00 Å². The first-order valence-corrected chi connectivity index (χ1v) is 9.01. The first-order chi connectivity index (χ1) is 11.2. The van der Waals surface area contributed by atoms with Crippen LogP contribution in [0.25, 0.3) is 0 Å². The number of hydrogen-bond acceptors (Lipinski definition) is 5. The lowest BCUT2D eigenvalue weighted by Gasteiger charge is -2.26. The minimum absolute atomic E-state index is 0.103. The van der Waals surface area contributed by atoms with Gasteiger partial charge in [-0.05, 0) is 45.0 Å². The Morgan fingerprint density at radius 1 is 0.958 bits per heavy atom. The molecule has 0 aliphatic heterocycles. The predicted octanol–water partition coefficient (Wildman–Crippen LogP) is 3.47. The van der Waals surface area contributed by atoms with Crippen LogP contribution in [0.4, 0.5) is 4.79 Å². The Morgan fingerprint density at radius 3 is 1.75 bits per heavy atom. The van der Waals surface area contributed by atoms with E-state index >= 15 is 0 Å². The molecule has 0 saturated carbocycles. The molecule has 0 heterocycles. The number of ether oxygens (including phenoxy) is 1. The van der Waals surface area contributed by atoms with Gasteiger partial charge in [-0.3, -0.25) is 9.77 Å². The number of hydrogen-bond donors (Lipinski definition) is 1. The van der Waals surface area contributed by atoms with E-state index in [2.05, 4.69) is 0 Å². The fourth-order valence-corrected chi connectivity index (χ4v) is 4.03. The summed E-state index contributed by atoms with van der Waals surface area (Å²) in [6, 6.07) is 16.6. The summed E-state index contributed by atoms with van der Waals surface area (Å²) in [7, 11) is -3.77. The number of benzene rings is 2. The second kappa shape index (κ2) is 7.18. The third-order valence-corrected chi connectivity index (χ3v) is 5.56. The van der Waals surface area contributed by atoms with E-state index in [0.29, 0.717) is 10.6 Å². The summed E-state index contributed by atoms with van der Waals surface area (Å²) in [5.41, 5.74) is -0.804. The molecule has 0 fully saturated rings. The Labute approximate surface area is 141 Å². The molecule has 2 aromatic carbocycles. The summed E-state index contributed by atoms with van der Waals surface area (Å²) in [5.74, 6) is 0. The van der Waals surface area contributed by atoms with Crippen LogP contribution in [0.2, 0.25) is 0 Å². The van der Waals surface area contributed by atoms with Crippen molar-refractivity contribution in [2.75, 3.05) is 0 Å². The lowest BCUT2D eigenvalue weighted by Crippen LogP contribution is -2.34. The number of rotatable bonds is 4. The zero-order valence-corrected chi connectivity index (χ0v) is 14.6. The van der Waals surface area contributed by atoms with Crippen molar-refractivity contribution in [2.45, 2.75) is 26.4 Å². The van der Waals surface area contributed by atoms with Gasteiger partial charge in [0.15, 0.2) is 0 Å². The maximum atomic E-state index is 13.6. The van der Waals surface area contributed by atoms with Gasteiger partial charge in [0, 0.05) is 10.6 Å². The van der Waals surface area contributed by atoms with Crippen molar-refractivity contribution in [3.63, 3.8) is 0 Å². The zero-order valence-electron chi connectivity index (χ0n) is 13.7. The van der Waals surface area contributed by atoms with Crippen LogP contribution in [0.1, 0.15) is 20.8 Å². The van der Waals surface area contributed by atoms with Crippen molar-refractivity contribution < 1.29 is 24.1 Å². The average Bonchev–Trinajstić information content (AvgIpc) is 2.53. The summed E-state index contributed by atoms with van der Waals surface area (Å²) < 4.78 is 18.6. The first kappa shape index (κ1) is 18.2. The van der Waals surface area contributed by atoms with Crippen LogP contribution in [-0.4, -0.2) is 22.0 Å². The third kappa shape index (κ3) is 4.23. The molecule has 0 amide bonds. The van der Waals surface area contributed by atoms with Gasteiger partial charge in [-0.2, -0.15) is 0 Å². The summed E-state index contributed by atoms with van der Waals surface area (Å²) >= 11 is 0. The molecule has 0 unspecified atom stereocenters. The van der Waals surface area contributed by atoms with Gasteiger partial charge in [-0.15, -0.1) is 0 Å². The quantitative estimate of drug-likeness (QED) is 0.517. The number of carbonyl (C=O) groups is 1. The van der Waals surface area contributed by atoms with Crippen LogP contribution < -0.4 is 10.6 Å². The SMILES string of the molecule is CC(C)(C)OC(=O)ON(O)P(=O)(c1ccccc1)c1ccccc1. The van der Waals surface area contributed by atoms with Crippen LogP contribution in [-0.2, 0) is 14.1 Å². The van der Waals surface area contributed by atoms with Crippen LogP contribution >= 0.6 is 7.29 Å². The Bertz CT molecular complexity index is 684. The molecule has 0 spiro atoms. The minimum Gasteiger partial charge on any atom is -0.427 e. The fraction of sp³-hybridized carbons (Fsp3) is 0.235. The van der Waals surface area contributed by atoms with E-state index in [1.165, 1.54) is 0 Å². The molecule has 0 aromatic heterocycles. The van der Waals surface area contributed by atoms with Crippen molar-refractivity contribution in [1.29, 1.82) is 0 Å². The van der Waals surface area contributed by atoms with E-state index in [-0.39, 0.29) is 5.00 Å². The van der Waals surface area contributed by atoms with E-state index in [0.717, 1.165) is 0 Å². The molecule has 0 radical (unpaired) electrons. The molecule has 128 valence electrons. The molecular formula is C17H20NO5P. The van der Waals surface area contributed by atoms with Gasteiger partial charge >= 0.3 is 6.16 Å². The molecule has 2 rings (SSSR count). The number of carbonyl (C=O) groups excluding carboxylic acids is 1. The summed E-state index contributed by atoms with van der Waals surface area (Å²) in [6.45, 7) is 4.97. The van der Waals surface area contributed by atoms with Crippen molar-refractivity contribution in [2.24, 2.45) is 0 Å². The van der Waals surface area contributed by atoms with E-state index in [4.69, 9.17) is 9.57 Å². The second-order valence-corrected chi connectivity index (χ2v) is 8.58. The van der Waals surface area contributed by atoms with Crippen molar-refractivity contribution >= 4 is 24.1 Å². The highest BCUT2D eigenvalue weighted by Crippen LogP contribution is 2.46. The second-order valence-electron chi connectivity index (χ2n) is 6.06. The molecule has 2 aromatic rings. The maximum absolute atomic E-state index is 13.6. The Kier molecular flexibility index (Phi) is 5.44. The van der Waals surface area contributed by atoms with Crippen molar-refractivity contribution in [3.8, 4) is 0 Å². The van der Waals surface area contributed by atoms with Crippen LogP contribution in [0.3, 0.4) is 0 Å². The largest absolute Gasteiger partial charge is 0.530 e. The third-order valence-electron chi connectivity index (χ3n) is 3.00. The van der Waals surface area contributed by atoms with E-state index < -0.39 is 19.0 Å². The minimum atomic E-state index is -3.77. The zero-order chi connectivity index (χ0) is 17.8. The maximum Gasteiger partial charge on any atom is 0.530 e. The molecule has 0 bridgehead atoms. The molecule has 7 heteroatoms. The summed E-state index contributed by atoms with van der Waals surface area (Å²) in [6.07, 6.45) is -1.14. The summed E-state index contributed by atoms with van der Waals surface area (Å²) in [5, 5.41) is 10.9. The van der Waals surface area contributed by atoms with E-state index in [9.17, 15) is 14.6 Å². The van der Waals surface area contributed by atoms with Crippen molar-refractivity contribution in [1.82, 2.24) is 5.00 Å².